The largest absolute Gasteiger partial charge is 0.384 e. The molecule has 4 heteroatoms. The van der Waals surface area contributed by atoms with Crippen LogP contribution in [0.5, 0.6) is 0 Å². The van der Waals surface area contributed by atoms with E-state index in [0.717, 1.165) is 23.4 Å². The van der Waals surface area contributed by atoms with Crippen LogP contribution < -0.4 is 10.6 Å². The van der Waals surface area contributed by atoms with Crippen LogP contribution >= 0.6 is 0 Å². The number of nitrogens with two attached hydrogens (primary N) is 1. The highest BCUT2D eigenvalue weighted by Gasteiger charge is 2.15. The third-order valence-corrected chi connectivity index (χ3v) is 2.91. The molecule has 0 fully saturated rings. The van der Waals surface area contributed by atoms with Crippen LogP contribution in [0, 0.1) is 12.3 Å². The maximum atomic E-state index is 7.68. The van der Waals surface area contributed by atoms with E-state index >= 15 is 0 Å². The van der Waals surface area contributed by atoms with Crippen molar-refractivity contribution in [2.75, 3.05) is 25.2 Å². The van der Waals surface area contributed by atoms with Crippen molar-refractivity contribution < 1.29 is 4.74 Å². The van der Waals surface area contributed by atoms with Crippen LogP contribution in [0.3, 0.4) is 0 Å². The molecule has 0 amide bonds. The molecule has 1 aromatic carbocycles. The van der Waals surface area contributed by atoms with Gasteiger partial charge in [0.05, 0.1) is 6.61 Å². The van der Waals surface area contributed by atoms with Crippen LogP contribution in [-0.4, -0.2) is 32.1 Å². The van der Waals surface area contributed by atoms with Gasteiger partial charge in [0.25, 0.3) is 0 Å². The highest BCUT2D eigenvalue weighted by atomic mass is 16.5. The van der Waals surface area contributed by atoms with Crippen LogP contribution in [0.15, 0.2) is 18.2 Å². The van der Waals surface area contributed by atoms with Gasteiger partial charge in [0.15, 0.2) is 0 Å². The average molecular weight is 249 g/mol. The van der Waals surface area contributed by atoms with Gasteiger partial charge < -0.3 is 15.4 Å². The quantitative estimate of drug-likeness (QED) is 0.600. The Morgan fingerprint density at radius 1 is 1.44 bits per heavy atom. The van der Waals surface area contributed by atoms with Crippen molar-refractivity contribution in [2.24, 2.45) is 5.73 Å². The van der Waals surface area contributed by atoms with E-state index in [1.54, 1.807) is 7.11 Å². The first-order valence-corrected chi connectivity index (χ1v) is 6.18. The minimum atomic E-state index is 0.105. The molecule has 0 heterocycles. The number of rotatable bonds is 6. The van der Waals surface area contributed by atoms with Crippen molar-refractivity contribution >= 4 is 11.5 Å². The Balaban J connectivity index is 3.16. The Morgan fingerprint density at radius 2 is 2.11 bits per heavy atom. The zero-order chi connectivity index (χ0) is 13.7. The van der Waals surface area contributed by atoms with E-state index < -0.39 is 0 Å². The van der Waals surface area contributed by atoms with Crippen molar-refractivity contribution in [3.63, 3.8) is 0 Å². The number of nitrogens with zero attached hydrogens (tertiary/aromatic N) is 1. The lowest BCUT2D eigenvalue weighted by Gasteiger charge is -2.30. The first kappa shape index (κ1) is 14.5. The number of nitrogen functional groups attached to an aromatic ring is 1. The van der Waals surface area contributed by atoms with Crippen LogP contribution in [0.4, 0.5) is 5.69 Å². The predicted octanol–water partition coefficient (Wildman–Crippen LogP) is 2.14. The van der Waals surface area contributed by atoms with Gasteiger partial charge in [0.2, 0.25) is 0 Å². The number of hydrogen-bond acceptors (Lipinski definition) is 3. The number of nitrogens with one attached hydrogen (secondary N) is 1. The number of amidine groups is 1. The average Bonchev–Trinajstić information content (AvgIpc) is 2.28. The second-order valence-electron chi connectivity index (χ2n) is 4.71. The molecular weight excluding hydrogens is 226 g/mol. The van der Waals surface area contributed by atoms with Crippen LogP contribution in [0.2, 0.25) is 0 Å². The minimum Gasteiger partial charge on any atom is -0.384 e. The van der Waals surface area contributed by atoms with E-state index in [1.165, 1.54) is 0 Å². The molecule has 1 aromatic rings. The molecule has 0 aliphatic heterocycles. The molecular formula is C14H23N3O. The molecule has 0 unspecified atom stereocenters. The number of hydrogen-bond donors (Lipinski definition) is 2. The summed E-state index contributed by atoms with van der Waals surface area (Å²) in [5.74, 6) is 0.105. The summed E-state index contributed by atoms with van der Waals surface area (Å²) in [4.78, 5) is 2.22. The van der Waals surface area contributed by atoms with Crippen molar-refractivity contribution in [3.05, 3.63) is 29.3 Å². The van der Waals surface area contributed by atoms with Crippen LogP contribution in [-0.2, 0) is 4.74 Å². The minimum absolute atomic E-state index is 0.105. The van der Waals surface area contributed by atoms with Crippen LogP contribution in [0.1, 0.15) is 25.0 Å². The number of benzene rings is 1. The fourth-order valence-corrected chi connectivity index (χ4v) is 1.95. The summed E-state index contributed by atoms with van der Waals surface area (Å²) < 4.78 is 5.15. The highest BCUT2D eigenvalue weighted by Crippen LogP contribution is 2.23. The molecule has 1 rings (SSSR count). The fraction of sp³-hybridized carbons (Fsp3) is 0.500. The predicted molar refractivity (Wildman–Crippen MR) is 76.6 cm³/mol. The van der Waals surface area contributed by atoms with E-state index in [-0.39, 0.29) is 5.84 Å². The summed E-state index contributed by atoms with van der Waals surface area (Å²) in [6.07, 6.45) is 0. The topological polar surface area (TPSA) is 62.3 Å². The van der Waals surface area contributed by atoms with Crippen molar-refractivity contribution in [3.8, 4) is 0 Å². The van der Waals surface area contributed by atoms with Crippen LogP contribution in [0.25, 0.3) is 0 Å². The van der Waals surface area contributed by atoms with Gasteiger partial charge in [0.1, 0.15) is 5.84 Å². The molecule has 0 aromatic heterocycles. The van der Waals surface area contributed by atoms with Gasteiger partial charge in [-0.1, -0.05) is 6.07 Å². The summed E-state index contributed by atoms with van der Waals surface area (Å²) in [5, 5.41) is 7.68. The first-order valence-electron chi connectivity index (χ1n) is 6.18. The Kier molecular flexibility index (Phi) is 5.16. The second-order valence-corrected chi connectivity index (χ2v) is 4.71. The number of aryl methyl sites for hydroxylation is 1. The van der Waals surface area contributed by atoms with Crippen molar-refractivity contribution in [2.45, 2.75) is 26.8 Å². The molecule has 0 saturated carbocycles. The molecule has 0 spiro atoms. The summed E-state index contributed by atoms with van der Waals surface area (Å²) >= 11 is 0. The van der Waals surface area contributed by atoms with Gasteiger partial charge in [-0.05, 0) is 38.5 Å². The summed E-state index contributed by atoms with van der Waals surface area (Å²) in [5.41, 5.74) is 8.61. The van der Waals surface area contributed by atoms with Crippen molar-refractivity contribution in [1.29, 1.82) is 5.41 Å². The standard InChI is InChI=1S/C14H23N3O/c1-10(2)17(7-8-18-4)13-9-11(3)5-6-12(13)14(15)16/h5-6,9-10H,7-8H2,1-4H3,(H3,15,16). The monoisotopic (exact) mass is 249 g/mol. The summed E-state index contributed by atoms with van der Waals surface area (Å²) in [7, 11) is 1.70. The molecule has 0 atom stereocenters. The van der Waals surface area contributed by atoms with E-state index in [2.05, 4.69) is 24.8 Å². The second kappa shape index (κ2) is 6.40. The summed E-state index contributed by atoms with van der Waals surface area (Å²) in [6, 6.07) is 6.30. The molecule has 0 bridgehead atoms. The Morgan fingerprint density at radius 3 is 2.61 bits per heavy atom. The molecule has 0 aliphatic rings. The van der Waals surface area contributed by atoms with E-state index in [0.29, 0.717) is 12.6 Å². The van der Waals surface area contributed by atoms with Gasteiger partial charge in [-0.3, -0.25) is 5.41 Å². The van der Waals surface area contributed by atoms with E-state index in [1.807, 2.05) is 19.1 Å². The third-order valence-electron chi connectivity index (χ3n) is 2.91. The normalized spacial score (nSPS) is 10.7. The molecule has 3 N–H and O–H groups in total. The zero-order valence-corrected chi connectivity index (χ0v) is 11.7. The lowest BCUT2D eigenvalue weighted by atomic mass is 10.1. The maximum absolute atomic E-state index is 7.68. The molecule has 4 nitrogen and oxygen atoms in total. The first-order chi connectivity index (χ1) is 8.47. The smallest absolute Gasteiger partial charge is 0.124 e. The SMILES string of the molecule is COCCN(c1cc(C)ccc1C(=N)N)C(C)C. The molecule has 0 aliphatic carbocycles. The zero-order valence-electron chi connectivity index (χ0n) is 11.7. The number of anilines is 1. The lowest BCUT2D eigenvalue weighted by Crippen LogP contribution is -2.35. The Labute approximate surface area is 109 Å². The van der Waals surface area contributed by atoms with E-state index in [4.69, 9.17) is 15.9 Å². The molecule has 0 radical (unpaired) electrons. The van der Waals surface area contributed by atoms with E-state index in [9.17, 15) is 0 Å². The van der Waals surface area contributed by atoms with Gasteiger partial charge in [-0.15, -0.1) is 0 Å². The maximum Gasteiger partial charge on any atom is 0.124 e. The van der Waals surface area contributed by atoms with Gasteiger partial charge >= 0.3 is 0 Å². The molecule has 18 heavy (non-hydrogen) atoms. The highest BCUT2D eigenvalue weighted by molar-refractivity contribution is 6.00. The number of methoxy groups -OCH3 is 1. The molecule has 100 valence electrons. The van der Waals surface area contributed by atoms with Crippen molar-refractivity contribution in [1.82, 2.24) is 0 Å². The lowest BCUT2D eigenvalue weighted by molar-refractivity contribution is 0.204. The summed E-state index contributed by atoms with van der Waals surface area (Å²) in [6.45, 7) is 7.74. The van der Waals surface area contributed by atoms with Gasteiger partial charge in [0, 0.05) is 30.9 Å². The Bertz CT molecular complexity index is 416. The third kappa shape index (κ3) is 3.47. The van der Waals surface area contributed by atoms with Gasteiger partial charge in [-0.2, -0.15) is 0 Å². The van der Waals surface area contributed by atoms with Gasteiger partial charge in [-0.25, -0.2) is 0 Å². The fourth-order valence-electron chi connectivity index (χ4n) is 1.95. The molecule has 0 saturated heterocycles. The Hall–Kier alpha value is -1.55. The number of ether oxygens (including phenoxy) is 1.